The molecule has 23 heavy (non-hydrogen) atoms. The van der Waals surface area contributed by atoms with Crippen LogP contribution in [0.4, 0.5) is 0 Å². The minimum absolute atomic E-state index is 0.0240. The summed E-state index contributed by atoms with van der Waals surface area (Å²) >= 11 is 0. The Morgan fingerprint density at radius 2 is 2.00 bits per heavy atom. The Labute approximate surface area is 137 Å². The van der Waals surface area contributed by atoms with Crippen LogP contribution in [-0.4, -0.2) is 23.2 Å². The van der Waals surface area contributed by atoms with Gasteiger partial charge in [-0.05, 0) is 38.3 Å². The summed E-state index contributed by atoms with van der Waals surface area (Å²) in [5, 5.41) is 10.2. The van der Waals surface area contributed by atoms with E-state index in [2.05, 4.69) is 22.4 Å². The molecule has 124 valence electrons. The molecule has 2 rings (SSSR count). The number of methoxy groups -OCH3 is 1. The number of benzene rings is 1. The quantitative estimate of drug-likeness (QED) is 0.858. The van der Waals surface area contributed by atoms with Crippen molar-refractivity contribution in [2.24, 2.45) is 0 Å². The molecular weight excluding hydrogens is 290 g/mol. The van der Waals surface area contributed by atoms with Gasteiger partial charge in [0, 0.05) is 17.7 Å². The Hall–Kier alpha value is -2.30. The molecule has 1 aromatic carbocycles. The summed E-state index contributed by atoms with van der Waals surface area (Å²) in [6.45, 7) is 7.97. The first kappa shape index (κ1) is 17.1. The molecule has 2 aromatic rings. The van der Waals surface area contributed by atoms with Crippen molar-refractivity contribution >= 4 is 5.91 Å². The van der Waals surface area contributed by atoms with Gasteiger partial charge >= 0.3 is 0 Å². The van der Waals surface area contributed by atoms with Crippen LogP contribution in [0.15, 0.2) is 24.3 Å². The van der Waals surface area contributed by atoms with Gasteiger partial charge in [0.15, 0.2) is 0 Å². The van der Waals surface area contributed by atoms with Gasteiger partial charge in [-0.2, -0.15) is 5.10 Å². The van der Waals surface area contributed by atoms with E-state index in [9.17, 15) is 4.79 Å². The summed E-state index contributed by atoms with van der Waals surface area (Å²) in [4.78, 5) is 12.4. The number of hydrogen-bond acceptors (Lipinski definition) is 3. The van der Waals surface area contributed by atoms with Crippen molar-refractivity contribution in [3.8, 4) is 5.75 Å². The third-order valence-corrected chi connectivity index (χ3v) is 4.15. The maximum Gasteiger partial charge on any atom is 0.221 e. The van der Waals surface area contributed by atoms with E-state index < -0.39 is 0 Å². The zero-order valence-corrected chi connectivity index (χ0v) is 14.4. The molecule has 0 bridgehead atoms. The molecule has 0 saturated carbocycles. The number of ether oxygens (including phenoxy) is 1. The average molecular weight is 315 g/mol. The minimum atomic E-state index is -0.0996. The topological polar surface area (TPSA) is 67.0 Å². The van der Waals surface area contributed by atoms with Gasteiger partial charge in [-0.25, -0.2) is 0 Å². The van der Waals surface area contributed by atoms with E-state index in [0.29, 0.717) is 6.42 Å². The van der Waals surface area contributed by atoms with E-state index in [1.165, 1.54) is 0 Å². The Balaban J connectivity index is 2.02. The third-order valence-electron chi connectivity index (χ3n) is 4.15. The lowest BCUT2D eigenvalue weighted by atomic mass is 9.95. The Kier molecular flexibility index (Phi) is 5.42. The molecular formula is C18H25N3O2. The van der Waals surface area contributed by atoms with Crippen LogP contribution < -0.4 is 10.1 Å². The van der Waals surface area contributed by atoms with Crippen LogP contribution in [0.2, 0.25) is 0 Å². The van der Waals surface area contributed by atoms with Gasteiger partial charge in [0.2, 0.25) is 5.91 Å². The highest BCUT2D eigenvalue weighted by molar-refractivity contribution is 5.77. The summed E-state index contributed by atoms with van der Waals surface area (Å²) in [5.41, 5.74) is 4.10. The van der Waals surface area contributed by atoms with Crippen molar-refractivity contribution in [3.05, 3.63) is 46.8 Å². The number of amides is 1. The number of hydrogen-bond donors (Lipinski definition) is 2. The van der Waals surface area contributed by atoms with E-state index in [0.717, 1.165) is 28.3 Å². The van der Waals surface area contributed by atoms with Crippen LogP contribution in [0.5, 0.6) is 5.75 Å². The highest BCUT2D eigenvalue weighted by Gasteiger charge is 2.19. The Bertz CT molecular complexity index is 659. The fourth-order valence-corrected chi connectivity index (χ4v) is 3.07. The number of rotatable bonds is 6. The van der Waals surface area contributed by atoms with E-state index in [4.69, 9.17) is 4.74 Å². The zero-order chi connectivity index (χ0) is 17.0. The molecule has 0 saturated heterocycles. The number of aryl methyl sites for hydroxylation is 2. The molecule has 0 spiro atoms. The lowest BCUT2D eigenvalue weighted by Crippen LogP contribution is -2.28. The average Bonchev–Trinajstić information content (AvgIpc) is 2.85. The fourth-order valence-electron chi connectivity index (χ4n) is 3.07. The Morgan fingerprint density at radius 3 is 2.61 bits per heavy atom. The van der Waals surface area contributed by atoms with Gasteiger partial charge in [0.1, 0.15) is 5.75 Å². The normalized spacial score (nSPS) is 13.4. The second-order valence-corrected chi connectivity index (χ2v) is 5.98. The number of para-hydroxylation sites is 1. The van der Waals surface area contributed by atoms with Crippen LogP contribution in [0.1, 0.15) is 54.7 Å². The molecule has 1 amide bonds. The summed E-state index contributed by atoms with van der Waals surface area (Å²) < 4.78 is 5.36. The summed E-state index contributed by atoms with van der Waals surface area (Å²) in [5.74, 6) is 0.935. The summed E-state index contributed by atoms with van der Waals surface area (Å²) in [6.07, 6.45) is 0.431. The van der Waals surface area contributed by atoms with E-state index in [-0.39, 0.29) is 17.9 Å². The summed E-state index contributed by atoms with van der Waals surface area (Å²) in [6, 6.07) is 7.64. The number of nitrogens with zero attached hydrogens (tertiary/aromatic N) is 1. The number of aromatic nitrogens is 2. The van der Waals surface area contributed by atoms with Crippen molar-refractivity contribution in [2.75, 3.05) is 7.11 Å². The van der Waals surface area contributed by atoms with E-state index in [1.807, 2.05) is 45.0 Å². The number of carbonyl (C=O) groups excluding carboxylic acids is 1. The van der Waals surface area contributed by atoms with E-state index >= 15 is 0 Å². The van der Waals surface area contributed by atoms with Crippen LogP contribution in [0, 0.1) is 13.8 Å². The standard InChI is InChI=1S/C18H25N3O2/c1-11(18-13(3)20-21-14(18)4)10-17(22)19-12(2)15-8-6-7-9-16(15)23-5/h6-9,11-12H,10H2,1-5H3,(H,19,22)(H,20,21)/t11-,12+/m0/s1. The van der Waals surface area contributed by atoms with Crippen molar-refractivity contribution < 1.29 is 9.53 Å². The van der Waals surface area contributed by atoms with Crippen LogP contribution in [0.3, 0.4) is 0 Å². The lowest BCUT2D eigenvalue weighted by molar-refractivity contribution is -0.122. The van der Waals surface area contributed by atoms with Gasteiger partial charge in [-0.15, -0.1) is 0 Å². The molecule has 1 aromatic heterocycles. The van der Waals surface area contributed by atoms with Crippen LogP contribution >= 0.6 is 0 Å². The highest BCUT2D eigenvalue weighted by Crippen LogP contribution is 2.26. The SMILES string of the molecule is COc1ccccc1[C@@H](C)NC(=O)C[C@H](C)c1c(C)n[nH]c1C. The molecule has 5 nitrogen and oxygen atoms in total. The first-order valence-electron chi connectivity index (χ1n) is 7.87. The minimum Gasteiger partial charge on any atom is -0.496 e. The molecule has 0 unspecified atom stereocenters. The van der Waals surface area contributed by atoms with Gasteiger partial charge < -0.3 is 10.1 Å². The van der Waals surface area contributed by atoms with Crippen molar-refractivity contribution in [2.45, 2.75) is 46.1 Å². The molecule has 0 fully saturated rings. The monoisotopic (exact) mass is 315 g/mol. The molecule has 5 heteroatoms. The van der Waals surface area contributed by atoms with Gasteiger partial charge in [0.25, 0.3) is 0 Å². The number of H-pyrrole nitrogens is 1. The molecule has 2 N–H and O–H groups in total. The molecule has 0 radical (unpaired) electrons. The number of aromatic amines is 1. The van der Waals surface area contributed by atoms with Crippen LogP contribution in [0.25, 0.3) is 0 Å². The van der Waals surface area contributed by atoms with Crippen LogP contribution in [-0.2, 0) is 4.79 Å². The zero-order valence-electron chi connectivity index (χ0n) is 14.4. The molecule has 2 atom stereocenters. The highest BCUT2D eigenvalue weighted by atomic mass is 16.5. The Morgan fingerprint density at radius 1 is 1.30 bits per heavy atom. The summed E-state index contributed by atoms with van der Waals surface area (Å²) in [7, 11) is 1.64. The maximum absolute atomic E-state index is 12.4. The first-order chi connectivity index (χ1) is 10.9. The molecule has 0 aliphatic rings. The molecule has 1 heterocycles. The molecule has 0 aliphatic heterocycles. The second kappa shape index (κ2) is 7.31. The predicted molar refractivity (Wildman–Crippen MR) is 90.6 cm³/mol. The maximum atomic E-state index is 12.4. The van der Waals surface area contributed by atoms with Crippen molar-refractivity contribution in [3.63, 3.8) is 0 Å². The largest absolute Gasteiger partial charge is 0.496 e. The lowest BCUT2D eigenvalue weighted by Gasteiger charge is -2.19. The fraction of sp³-hybridized carbons (Fsp3) is 0.444. The van der Waals surface area contributed by atoms with Gasteiger partial charge in [-0.3, -0.25) is 9.89 Å². The smallest absolute Gasteiger partial charge is 0.221 e. The van der Waals surface area contributed by atoms with Gasteiger partial charge in [0.05, 0.1) is 18.8 Å². The second-order valence-electron chi connectivity index (χ2n) is 5.98. The molecule has 0 aliphatic carbocycles. The predicted octanol–water partition coefficient (Wildman–Crippen LogP) is 3.41. The van der Waals surface area contributed by atoms with Gasteiger partial charge in [-0.1, -0.05) is 25.1 Å². The van der Waals surface area contributed by atoms with E-state index in [1.54, 1.807) is 7.11 Å². The van der Waals surface area contributed by atoms with Crippen molar-refractivity contribution in [1.29, 1.82) is 0 Å². The number of carbonyl (C=O) groups is 1. The first-order valence-corrected chi connectivity index (χ1v) is 7.87. The number of nitrogens with one attached hydrogen (secondary N) is 2. The van der Waals surface area contributed by atoms with Crippen molar-refractivity contribution in [1.82, 2.24) is 15.5 Å². The third kappa shape index (κ3) is 3.92.